The standard InChI is InChI=1S/C16H26N4O2/c1-12-2-6-19(7-3-12)11-20-14(21)16(17-15(20)22)10-18-8-4-13(16)5-9-18/h12-13H,2-11H2,1H3,(H,17,22)/t16-/m1/s1. The highest BCUT2D eigenvalue weighted by atomic mass is 16.2. The normalized spacial score (nSPS) is 39.8. The third-order valence-corrected chi connectivity index (χ3v) is 6.18. The average Bonchev–Trinajstić information content (AvgIpc) is 2.75. The minimum Gasteiger partial charge on any atom is -0.322 e. The van der Waals surface area contributed by atoms with Gasteiger partial charge in [0.25, 0.3) is 5.91 Å². The third kappa shape index (κ3) is 2.15. The summed E-state index contributed by atoms with van der Waals surface area (Å²) in [5.74, 6) is 1.10. The lowest BCUT2D eigenvalue weighted by Crippen LogP contribution is -2.67. The van der Waals surface area contributed by atoms with Crippen LogP contribution < -0.4 is 5.32 Å². The van der Waals surface area contributed by atoms with Crippen LogP contribution >= 0.6 is 0 Å². The molecule has 0 aromatic carbocycles. The molecule has 5 saturated heterocycles. The van der Waals surface area contributed by atoms with E-state index < -0.39 is 5.54 Å². The first-order valence-electron chi connectivity index (χ1n) is 8.67. The number of amides is 3. The monoisotopic (exact) mass is 306 g/mol. The van der Waals surface area contributed by atoms with Crippen LogP contribution in [0.5, 0.6) is 0 Å². The van der Waals surface area contributed by atoms with Crippen molar-refractivity contribution in [3.05, 3.63) is 0 Å². The molecule has 3 amide bonds. The van der Waals surface area contributed by atoms with Crippen LogP contribution in [0.1, 0.15) is 32.6 Å². The number of rotatable bonds is 2. The highest BCUT2D eigenvalue weighted by Gasteiger charge is 2.59. The van der Waals surface area contributed by atoms with E-state index in [1.807, 2.05) is 0 Å². The molecule has 122 valence electrons. The molecule has 6 nitrogen and oxygen atoms in total. The van der Waals surface area contributed by atoms with E-state index in [1.165, 1.54) is 4.90 Å². The molecular weight excluding hydrogens is 280 g/mol. The topological polar surface area (TPSA) is 55.9 Å². The molecule has 5 heterocycles. The van der Waals surface area contributed by atoms with Crippen molar-refractivity contribution < 1.29 is 9.59 Å². The van der Waals surface area contributed by atoms with E-state index in [4.69, 9.17) is 0 Å². The first-order chi connectivity index (χ1) is 10.6. The number of carbonyl (C=O) groups is 2. The van der Waals surface area contributed by atoms with Crippen LogP contribution in [-0.2, 0) is 4.79 Å². The van der Waals surface area contributed by atoms with Crippen molar-refractivity contribution in [1.29, 1.82) is 0 Å². The Labute approximate surface area is 131 Å². The number of nitrogens with one attached hydrogen (secondary N) is 1. The Balaban J connectivity index is 1.48. The third-order valence-electron chi connectivity index (χ3n) is 6.18. The number of urea groups is 1. The van der Waals surface area contributed by atoms with Gasteiger partial charge in [-0.2, -0.15) is 0 Å². The molecule has 0 aromatic heterocycles. The Kier molecular flexibility index (Phi) is 3.42. The fraction of sp³-hybridized carbons (Fsp3) is 0.875. The molecule has 0 unspecified atom stereocenters. The summed E-state index contributed by atoms with van der Waals surface area (Å²) in [7, 11) is 0. The van der Waals surface area contributed by atoms with Gasteiger partial charge < -0.3 is 10.2 Å². The van der Waals surface area contributed by atoms with Gasteiger partial charge in [-0.3, -0.25) is 9.69 Å². The van der Waals surface area contributed by atoms with Crippen LogP contribution in [0.3, 0.4) is 0 Å². The van der Waals surface area contributed by atoms with E-state index in [1.54, 1.807) is 0 Å². The maximum absolute atomic E-state index is 13.0. The van der Waals surface area contributed by atoms with Crippen molar-refractivity contribution in [2.24, 2.45) is 11.8 Å². The zero-order chi connectivity index (χ0) is 15.3. The number of likely N-dealkylation sites (tertiary alicyclic amines) is 1. The van der Waals surface area contributed by atoms with Crippen LogP contribution in [-0.4, -0.2) is 71.6 Å². The van der Waals surface area contributed by atoms with E-state index in [9.17, 15) is 9.59 Å². The van der Waals surface area contributed by atoms with Gasteiger partial charge in [0.1, 0.15) is 5.54 Å². The number of hydrogen-bond acceptors (Lipinski definition) is 4. The summed E-state index contributed by atoms with van der Waals surface area (Å²) in [5, 5.41) is 3.07. The lowest BCUT2D eigenvalue weighted by molar-refractivity contribution is -0.139. The molecule has 1 N–H and O–H groups in total. The molecule has 0 saturated carbocycles. The highest BCUT2D eigenvalue weighted by molar-refractivity contribution is 6.07. The molecule has 0 aliphatic carbocycles. The predicted molar refractivity (Wildman–Crippen MR) is 82.1 cm³/mol. The molecule has 5 fully saturated rings. The minimum absolute atomic E-state index is 0.0190. The zero-order valence-corrected chi connectivity index (χ0v) is 13.4. The van der Waals surface area contributed by atoms with Gasteiger partial charge in [0.2, 0.25) is 0 Å². The lowest BCUT2D eigenvalue weighted by Gasteiger charge is -2.49. The largest absolute Gasteiger partial charge is 0.326 e. The number of carbonyl (C=O) groups excluding carboxylic acids is 2. The Morgan fingerprint density at radius 2 is 1.77 bits per heavy atom. The van der Waals surface area contributed by atoms with E-state index in [0.29, 0.717) is 19.1 Å². The van der Waals surface area contributed by atoms with Gasteiger partial charge in [0.15, 0.2) is 0 Å². The van der Waals surface area contributed by atoms with Gasteiger partial charge in [-0.25, -0.2) is 9.69 Å². The summed E-state index contributed by atoms with van der Waals surface area (Å²) in [6.45, 7) is 7.55. The van der Waals surface area contributed by atoms with Gasteiger partial charge >= 0.3 is 6.03 Å². The van der Waals surface area contributed by atoms with Gasteiger partial charge in [0, 0.05) is 19.6 Å². The Morgan fingerprint density at radius 3 is 2.36 bits per heavy atom. The second kappa shape index (κ2) is 5.20. The van der Waals surface area contributed by atoms with Gasteiger partial charge in [-0.05, 0) is 50.6 Å². The maximum Gasteiger partial charge on any atom is 0.326 e. The molecule has 5 rings (SSSR count). The predicted octanol–water partition coefficient (Wildman–Crippen LogP) is 0.692. The maximum atomic E-state index is 13.0. The van der Waals surface area contributed by atoms with Crippen molar-refractivity contribution in [2.75, 3.05) is 39.4 Å². The Morgan fingerprint density at radius 1 is 1.09 bits per heavy atom. The van der Waals surface area contributed by atoms with Gasteiger partial charge in [-0.1, -0.05) is 6.92 Å². The highest BCUT2D eigenvalue weighted by Crippen LogP contribution is 2.39. The summed E-state index contributed by atoms with van der Waals surface area (Å²) in [4.78, 5) is 31.5. The molecule has 1 atom stereocenters. The molecule has 5 aliphatic rings. The molecule has 5 aliphatic heterocycles. The van der Waals surface area contributed by atoms with Crippen molar-refractivity contribution in [3.8, 4) is 0 Å². The van der Waals surface area contributed by atoms with E-state index >= 15 is 0 Å². The van der Waals surface area contributed by atoms with Crippen molar-refractivity contribution in [3.63, 3.8) is 0 Å². The second-order valence-electron chi connectivity index (χ2n) is 7.63. The summed E-state index contributed by atoms with van der Waals surface area (Å²) in [5.41, 5.74) is -0.628. The SMILES string of the molecule is CC1CCN(CN2C(=O)N[C@@]3(CN4CCC3CC4)C2=O)CC1. The summed E-state index contributed by atoms with van der Waals surface area (Å²) < 4.78 is 0. The number of imide groups is 1. The molecular formula is C16H26N4O2. The smallest absolute Gasteiger partial charge is 0.322 e. The summed E-state index contributed by atoms with van der Waals surface area (Å²) >= 11 is 0. The molecule has 2 bridgehead atoms. The molecule has 0 aromatic rings. The van der Waals surface area contributed by atoms with Crippen LogP contribution in [0.25, 0.3) is 0 Å². The average molecular weight is 306 g/mol. The fourth-order valence-corrected chi connectivity index (χ4v) is 4.63. The first-order valence-corrected chi connectivity index (χ1v) is 8.67. The molecule has 22 heavy (non-hydrogen) atoms. The van der Waals surface area contributed by atoms with Crippen molar-refractivity contribution in [2.45, 2.75) is 38.1 Å². The molecule has 1 spiro atoms. The molecule has 0 radical (unpaired) electrons. The summed E-state index contributed by atoms with van der Waals surface area (Å²) in [6, 6.07) is -0.183. The van der Waals surface area contributed by atoms with E-state index in [-0.39, 0.29) is 11.9 Å². The van der Waals surface area contributed by atoms with Crippen LogP contribution in [0.15, 0.2) is 0 Å². The number of hydrogen-bond donors (Lipinski definition) is 1. The van der Waals surface area contributed by atoms with Gasteiger partial charge in [0.05, 0.1) is 6.67 Å². The first kappa shape index (κ1) is 14.5. The second-order valence-corrected chi connectivity index (χ2v) is 7.63. The van der Waals surface area contributed by atoms with Crippen LogP contribution in [0, 0.1) is 11.8 Å². The summed E-state index contributed by atoms with van der Waals surface area (Å²) in [6.07, 6.45) is 4.37. The van der Waals surface area contributed by atoms with E-state index in [2.05, 4.69) is 22.0 Å². The van der Waals surface area contributed by atoms with Crippen molar-refractivity contribution in [1.82, 2.24) is 20.0 Å². The Hall–Kier alpha value is -1.14. The number of nitrogens with zero attached hydrogens (tertiary/aromatic N) is 3. The zero-order valence-electron chi connectivity index (χ0n) is 13.4. The van der Waals surface area contributed by atoms with Crippen LogP contribution in [0.2, 0.25) is 0 Å². The lowest BCUT2D eigenvalue weighted by atomic mass is 9.73. The number of fused-ring (bicyclic) bond motifs is 2. The van der Waals surface area contributed by atoms with E-state index in [0.717, 1.165) is 57.8 Å². The molecule has 6 heteroatoms. The van der Waals surface area contributed by atoms with Crippen molar-refractivity contribution >= 4 is 11.9 Å². The minimum atomic E-state index is -0.628. The Bertz CT molecular complexity index is 481. The van der Waals surface area contributed by atoms with Crippen LogP contribution in [0.4, 0.5) is 4.79 Å². The number of piperidine rings is 4. The fourth-order valence-electron chi connectivity index (χ4n) is 4.63. The quantitative estimate of drug-likeness (QED) is 0.763. The van der Waals surface area contributed by atoms with Gasteiger partial charge in [-0.15, -0.1) is 0 Å².